The molecule has 96 valence electrons. The maximum atomic E-state index is 5.66. The van der Waals surface area contributed by atoms with Gasteiger partial charge in [-0.25, -0.2) is 4.68 Å². The van der Waals surface area contributed by atoms with Gasteiger partial charge in [-0.05, 0) is 12.5 Å². The van der Waals surface area contributed by atoms with Gasteiger partial charge < -0.3 is 10.6 Å². The largest absolute Gasteiger partial charge is 0.353 e. The minimum atomic E-state index is 0.583. The molecule has 1 fully saturated rings. The molecule has 1 atom stereocenters. The predicted molar refractivity (Wildman–Crippen MR) is 67.9 cm³/mol. The number of hydrogen-bond acceptors (Lipinski definition) is 5. The quantitative estimate of drug-likeness (QED) is 0.768. The van der Waals surface area contributed by atoms with Gasteiger partial charge in [0.1, 0.15) is 5.82 Å². The maximum Gasteiger partial charge on any atom is 0.147 e. The number of nitrogens with zero attached hydrogens (tertiary/aromatic N) is 5. The summed E-state index contributed by atoms with van der Waals surface area (Å²) in [6.07, 6.45) is 1.83. The first kappa shape index (κ1) is 12.3. The minimum absolute atomic E-state index is 0.583. The second-order valence-electron chi connectivity index (χ2n) is 4.84. The van der Waals surface area contributed by atoms with E-state index in [9.17, 15) is 0 Å². The first-order valence-corrected chi connectivity index (χ1v) is 6.22. The van der Waals surface area contributed by atoms with Crippen LogP contribution < -0.4 is 10.6 Å². The van der Waals surface area contributed by atoms with E-state index in [-0.39, 0.29) is 0 Å². The number of nitrogens with two attached hydrogens (primary N) is 1. The molecule has 1 saturated heterocycles. The van der Waals surface area contributed by atoms with Crippen LogP contribution in [-0.2, 0) is 7.05 Å². The highest BCUT2D eigenvalue weighted by Gasteiger charge is 2.20. The summed E-state index contributed by atoms with van der Waals surface area (Å²) in [6, 6.07) is 0. The SMILES string of the molecule is CC(CN)CN1CCN(c2cnnn2C)CC1. The monoisotopic (exact) mass is 238 g/mol. The molecule has 6 heteroatoms. The van der Waals surface area contributed by atoms with Crippen molar-refractivity contribution in [2.24, 2.45) is 18.7 Å². The number of hydrogen-bond donors (Lipinski definition) is 1. The average molecular weight is 238 g/mol. The van der Waals surface area contributed by atoms with Crippen LogP contribution in [-0.4, -0.2) is 59.2 Å². The Bertz CT molecular complexity index is 341. The Kier molecular flexibility index (Phi) is 3.96. The summed E-state index contributed by atoms with van der Waals surface area (Å²) in [5.41, 5.74) is 5.66. The minimum Gasteiger partial charge on any atom is -0.353 e. The lowest BCUT2D eigenvalue weighted by Crippen LogP contribution is -2.48. The predicted octanol–water partition coefficient (Wildman–Crippen LogP) is -0.468. The Balaban J connectivity index is 1.84. The standard InChI is InChI=1S/C11H22N6/c1-10(7-12)9-16-3-5-17(6-4-16)11-8-13-14-15(11)2/h8,10H,3-7,9,12H2,1-2H3. The van der Waals surface area contributed by atoms with Gasteiger partial charge in [0.2, 0.25) is 0 Å². The molecule has 1 aromatic heterocycles. The number of rotatable bonds is 4. The van der Waals surface area contributed by atoms with E-state index in [1.54, 1.807) is 0 Å². The topological polar surface area (TPSA) is 63.2 Å². The van der Waals surface area contributed by atoms with E-state index in [0.717, 1.165) is 45.1 Å². The summed E-state index contributed by atoms with van der Waals surface area (Å²) in [6.45, 7) is 8.35. The van der Waals surface area contributed by atoms with Crippen LogP contribution >= 0.6 is 0 Å². The van der Waals surface area contributed by atoms with Gasteiger partial charge >= 0.3 is 0 Å². The van der Waals surface area contributed by atoms with Crippen LogP contribution in [0.2, 0.25) is 0 Å². The van der Waals surface area contributed by atoms with Crippen molar-refractivity contribution in [1.82, 2.24) is 19.9 Å². The van der Waals surface area contributed by atoms with Gasteiger partial charge in [0.15, 0.2) is 0 Å². The second kappa shape index (κ2) is 5.46. The van der Waals surface area contributed by atoms with Crippen molar-refractivity contribution < 1.29 is 0 Å². The van der Waals surface area contributed by atoms with E-state index >= 15 is 0 Å². The average Bonchev–Trinajstić information content (AvgIpc) is 2.76. The number of anilines is 1. The molecule has 0 aromatic carbocycles. The molecule has 1 aromatic rings. The van der Waals surface area contributed by atoms with Gasteiger partial charge in [-0.3, -0.25) is 4.90 Å². The molecule has 1 unspecified atom stereocenters. The fourth-order valence-electron chi connectivity index (χ4n) is 2.25. The van der Waals surface area contributed by atoms with Gasteiger partial charge in [0, 0.05) is 39.8 Å². The third-order valence-electron chi connectivity index (χ3n) is 3.36. The third-order valence-corrected chi connectivity index (χ3v) is 3.36. The highest BCUT2D eigenvalue weighted by Crippen LogP contribution is 2.13. The Morgan fingerprint density at radius 2 is 2.06 bits per heavy atom. The first-order chi connectivity index (χ1) is 8.20. The van der Waals surface area contributed by atoms with Gasteiger partial charge in [0.05, 0.1) is 6.20 Å². The lowest BCUT2D eigenvalue weighted by molar-refractivity contribution is 0.226. The van der Waals surface area contributed by atoms with Crippen molar-refractivity contribution in [2.75, 3.05) is 44.2 Å². The number of aromatic nitrogens is 3. The molecular formula is C11H22N6. The molecule has 2 N–H and O–H groups in total. The van der Waals surface area contributed by atoms with Crippen LogP contribution in [0.3, 0.4) is 0 Å². The van der Waals surface area contributed by atoms with Crippen LogP contribution in [0, 0.1) is 5.92 Å². The van der Waals surface area contributed by atoms with Crippen molar-refractivity contribution in [3.63, 3.8) is 0 Å². The molecule has 0 amide bonds. The number of piperazine rings is 1. The summed E-state index contributed by atoms with van der Waals surface area (Å²) in [7, 11) is 1.94. The molecule has 6 nitrogen and oxygen atoms in total. The highest BCUT2D eigenvalue weighted by atomic mass is 15.5. The van der Waals surface area contributed by atoms with Crippen molar-refractivity contribution >= 4 is 5.82 Å². The first-order valence-electron chi connectivity index (χ1n) is 6.22. The van der Waals surface area contributed by atoms with Gasteiger partial charge in [0.25, 0.3) is 0 Å². The highest BCUT2D eigenvalue weighted by molar-refractivity contribution is 5.36. The molecule has 0 radical (unpaired) electrons. The Labute approximate surface area is 102 Å². The summed E-state index contributed by atoms with van der Waals surface area (Å²) in [5, 5.41) is 7.89. The zero-order chi connectivity index (χ0) is 12.3. The van der Waals surface area contributed by atoms with E-state index in [1.165, 1.54) is 0 Å². The molecule has 1 aliphatic rings. The summed E-state index contributed by atoms with van der Waals surface area (Å²) < 4.78 is 1.83. The fraction of sp³-hybridized carbons (Fsp3) is 0.818. The molecule has 0 saturated carbocycles. The summed E-state index contributed by atoms with van der Waals surface area (Å²) >= 11 is 0. The van der Waals surface area contributed by atoms with Gasteiger partial charge in [-0.15, -0.1) is 5.10 Å². The Morgan fingerprint density at radius 3 is 2.59 bits per heavy atom. The van der Waals surface area contributed by atoms with E-state index in [0.29, 0.717) is 5.92 Å². The summed E-state index contributed by atoms with van der Waals surface area (Å²) in [5.74, 6) is 1.69. The van der Waals surface area contributed by atoms with Crippen molar-refractivity contribution in [3.05, 3.63) is 6.20 Å². The lowest BCUT2D eigenvalue weighted by atomic mass is 10.1. The maximum absolute atomic E-state index is 5.66. The van der Waals surface area contributed by atoms with Crippen LogP contribution in [0.4, 0.5) is 5.82 Å². The van der Waals surface area contributed by atoms with Crippen molar-refractivity contribution in [1.29, 1.82) is 0 Å². The fourth-order valence-corrected chi connectivity index (χ4v) is 2.25. The van der Waals surface area contributed by atoms with Crippen LogP contribution in [0.1, 0.15) is 6.92 Å². The number of aryl methyl sites for hydroxylation is 1. The zero-order valence-corrected chi connectivity index (χ0v) is 10.7. The molecule has 0 spiro atoms. The molecule has 0 bridgehead atoms. The molecule has 2 heterocycles. The van der Waals surface area contributed by atoms with Crippen LogP contribution in [0.15, 0.2) is 6.20 Å². The van der Waals surface area contributed by atoms with Crippen LogP contribution in [0.25, 0.3) is 0 Å². The van der Waals surface area contributed by atoms with E-state index in [1.807, 2.05) is 17.9 Å². The molecule has 0 aliphatic carbocycles. The molecule has 1 aliphatic heterocycles. The normalized spacial score (nSPS) is 19.6. The van der Waals surface area contributed by atoms with E-state index in [4.69, 9.17) is 5.73 Å². The third kappa shape index (κ3) is 2.95. The van der Waals surface area contributed by atoms with Gasteiger partial charge in [-0.1, -0.05) is 12.1 Å². The smallest absolute Gasteiger partial charge is 0.147 e. The molecule has 2 rings (SSSR count). The Hall–Kier alpha value is -1.14. The van der Waals surface area contributed by atoms with E-state index < -0.39 is 0 Å². The lowest BCUT2D eigenvalue weighted by Gasteiger charge is -2.36. The van der Waals surface area contributed by atoms with Crippen molar-refractivity contribution in [3.8, 4) is 0 Å². The Morgan fingerprint density at radius 1 is 1.35 bits per heavy atom. The second-order valence-corrected chi connectivity index (χ2v) is 4.84. The molecular weight excluding hydrogens is 216 g/mol. The zero-order valence-electron chi connectivity index (χ0n) is 10.7. The summed E-state index contributed by atoms with van der Waals surface area (Å²) in [4.78, 5) is 4.82. The molecule has 17 heavy (non-hydrogen) atoms. The van der Waals surface area contributed by atoms with E-state index in [2.05, 4.69) is 27.0 Å². The van der Waals surface area contributed by atoms with Crippen molar-refractivity contribution in [2.45, 2.75) is 6.92 Å². The van der Waals surface area contributed by atoms with Crippen LogP contribution in [0.5, 0.6) is 0 Å². The van der Waals surface area contributed by atoms with Gasteiger partial charge in [-0.2, -0.15) is 0 Å².